The summed E-state index contributed by atoms with van der Waals surface area (Å²) in [6, 6.07) is 19.2. The number of benzene rings is 2. The number of rotatable bonds is 4. The van der Waals surface area contributed by atoms with E-state index in [1.807, 2.05) is 48.5 Å². The summed E-state index contributed by atoms with van der Waals surface area (Å²) < 4.78 is 12.1. The van der Waals surface area contributed by atoms with Gasteiger partial charge in [-0.05, 0) is 23.8 Å². The summed E-state index contributed by atoms with van der Waals surface area (Å²) in [7, 11) is 0. The molecule has 7 nitrogen and oxygen atoms in total. The Bertz CT molecular complexity index is 1190. The summed E-state index contributed by atoms with van der Waals surface area (Å²) in [4.78, 5) is 0. The van der Waals surface area contributed by atoms with E-state index in [4.69, 9.17) is 20.5 Å². The lowest BCUT2D eigenvalue weighted by molar-refractivity contribution is 0.358. The van der Waals surface area contributed by atoms with E-state index in [2.05, 4.69) is 32.2 Å². The Morgan fingerprint density at radius 1 is 1.21 bits per heavy atom. The van der Waals surface area contributed by atoms with Crippen molar-refractivity contribution in [3.05, 3.63) is 75.6 Å². The standard InChI is InChI=1S/C21H14BrN5O2/c22-13-6-7-16(28-9-8-23)14(10-13)17-15(11-24)20(25)29-21-18(17)19(26-27-21)12-4-2-1-3-5-12/h1-7,10,17H,9,25H2,(H,26,27)/t17-/m1/s1. The Kier molecular flexibility index (Phi) is 4.94. The van der Waals surface area contributed by atoms with Crippen molar-refractivity contribution < 1.29 is 9.47 Å². The molecule has 1 aliphatic heterocycles. The molecular formula is C21H14BrN5O2. The van der Waals surface area contributed by atoms with E-state index in [1.54, 1.807) is 6.07 Å². The van der Waals surface area contributed by atoms with Gasteiger partial charge in [0.1, 0.15) is 23.5 Å². The molecule has 0 saturated heterocycles. The lowest BCUT2D eigenvalue weighted by Gasteiger charge is -2.25. The number of halogens is 1. The van der Waals surface area contributed by atoms with Crippen LogP contribution in [0.1, 0.15) is 17.0 Å². The van der Waals surface area contributed by atoms with Crippen LogP contribution in [0.2, 0.25) is 0 Å². The molecule has 2 heterocycles. The zero-order valence-electron chi connectivity index (χ0n) is 15.0. The van der Waals surface area contributed by atoms with Crippen molar-refractivity contribution in [3.63, 3.8) is 0 Å². The number of aromatic amines is 1. The van der Waals surface area contributed by atoms with Crippen molar-refractivity contribution in [1.82, 2.24) is 10.2 Å². The zero-order valence-corrected chi connectivity index (χ0v) is 16.6. The predicted octanol–water partition coefficient (Wildman–Crippen LogP) is 3.96. The molecule has 0 bridgehead atoms. The molecule has 0 radical (unpaired) electrons. The highest BCUT2D eigenvalue weighted by Gasteiger charge is 2.37. The molecule has 0 amide bonds. The van der Waals surface area contributed by atoms with Crippen LogP contribution in [0, 0.1) is 22.7 Å². The number of allylic oxidation sites excluding steroid dienone is 1. The first-order chi connectivity index (χ1) is 14.1. The molecule has 0 fully saturated rings. The predicted molar refractivity (Wildman–Crippen MR) is 109 cm³/mol. The summed E-state index contributed by atoms with van der Waals surface area (Å²) in [5.41, 5.74) is 9.26. The van der Waals surface area contributed by atoms with Gasteiger partial charge in [0, 0.05) is 10.0 Å². The number of aromatic nitrogens is 2. The van der Waals surface area contributed by atoms with Crippen molar-refractivity contribution in [3.8, 4) is 35.0 Å². The average Bonchev–Trinajstić information content (AvgIpc) is 3.15. The molecule has 0 saturated carbocycles. The van der Waals surface area contributed by atoms with Crippen molar-refractivity contribution in [2.45, 2.75) is 5.92 Å². The first-order valence-electron chi connectivity index (χ1n) is 8.64. The molecule has 0 unspecified atom stereocenters. The Balaban J connectivity index is 1.97. The highest BCUT2D eigenvalue weighted by atomic mass is 79.9. The third kappa shape index (κ3) is 3.31. The maximum Gasteiger partial charge on any atom is 0.244 e. The van der Waals surface area contributed by atoms with Gasteiger partial charge in [-0.3, -0.25) is 5.10 Å². The fourth-order valence-electron chi connectivity index (χ4n) is 3.37. The Morgan fingerprint density at radius 2 is 2.00 bits per heavy atom. The molecule has 4 rings (SSSR count). The number of nitrogens with one attached hydrogen (secondary N) is 1. The minimum absolute atomic E-state index is 0.0117. The number of nitrogens with zero attached hydrogens (tertiary/aromatic N) is 3. The van der Waals surface area contributed by atoms with E-state index < -0.39 is 5.92 Å². The minimum Gasteiger partial charge on any atom is -0.478 e. The van der Waals surface area contributed by atoms with Crippen LogP contribution in [0.25, 0.3) is 11.3 Å². The van der Waals surface area contributed by atoms with Gasteiger partial charge in [0.2, 0.25) is 11.8 Å². The number of H-pyrrole nitrogens is 1. The fourth-order valence-corrected chi connectivity index (χ4v) is 3.75. The monoisotopic (exact) mass is 447 g/mol. The second kappa shape index (κ2) is 7.70. The van der Waals surface area contributed by atoms with E-state index >= 15 is 0 Å². The van der Waals surface area contributed by atoms with E-state index in [9.17, 15) is 5.26 Å². The van der Waals surface area contributed by atoms with Crippen molar-refractivity contribution in [2.75, 3.05) is 6.61 Å². The van der Waals surface area contributed by atoms with Crippen LogP contribution >= 0.6 is 15.9 Å². The third-order valence-corrected chi connectivity index (χ3v) is 5.07. The molecule has 2 aromatic carbocycles. The zero-order chi connectivity index (χ0) is 20.4. The molecule has 29 heavy (non-hydrogen) atoms. The molecule has 1 aliphatic rings. The van der Waals surface area contributed by atoms with Crippen LogP contribution in [0.15, 0.2) is 64.5 Å². The van der Waals surface area contributed by atoms with Crippen LogP contribution in [-0.2, 0) is 0 Å². The average molecular weight is 448 g/mol. The molecule has 3 N–H and O–H groups in total. The van der Waals surface area contributed by atoms with Gasteiger partial charge in [0.15, 0.2) is 6.61 Å². The Morgan fingerprint density at radius 3 is 2.72 bits per heavy atom. The van der Waals surface area contributed by atoms with E-state index in [1.165, 1.54) is 0 Å². The molecule has 3 aromatic rings. The van der Waals surface area contributed by atoms with Crippen LogP contribution in [0.4, 0.5) is 0 Å². The van der Waals surface area contributed by atoms with Crippen LogP contribution in [0.5, 0.6) is 11.6 Å². The smallest absolute Gasteiger partial charge is 0.244 e. The fraction of sp³-hybridized carbons (Fsp3) is 0.0952. The number of hydrogen-bond acceptors (Lipinski definition) is 6. The van der Waals surface area contributed by atoms with Crippen molar-refractivity contribution in [1.29, 1.82) is 10.5 Å². The van der Waals surface area contributed by atoms with Gasteiger partial charge < -0.3 is 15.2 Å². The normalized spacial score (nSPS) is 15.1. The maximum atomic E-state index is 9.85. The highest BCUT2D eigenvalue weighted by Crippen LogP contribution is 2.48. The molecule has 8 heteroatoms. The SMILES string of the molecule is N#CCOc1ccc(Br)cc1[C@@H]1C(C#N)=C(N)Oc2n[nH]c(-c3ccccc3)c21. The number of ether oxygens (including phenoxy) is 2. The van der Waals surface area contributed by atoms with E-state index in [0.29, 0.717) is 22.8 Å². The van der Waals surface area contributed by atoms with Gasteiger partial charge in [-0.1, -0.05) is 46.3 Å². The molecule has 1 aromatic heterocycles. The third-order valence-electron chi connectivity index (χ3n) is 4.58. The summed E-state index contributed by atoms with van der Waals surface area (Å²) >= 11 is 3.48. The largest absolute Gasteiger partial charge is 0.478 e. The van der Waals surface area contributed by atoms with Crippen LogP contribution in [0.3, 0.4) is 0 Å². The van der Waals surface area contributed by atoms with Gasteiger partial charge in [-0.15, -0.1) is 5.10 Å². The van der Waals surface area contributed by atoms with Crippen molar-refractivity contribution >= 4 is 15.9 Å². The van der Waals surface area contributed by atoms with E-state index in [-0.39, 0.29) is 18.1 Å². The van der Waals surface area contributed by atoms with Gasteiger partial charge in [0.25, 0.3) is 0 Å². The van der Waals surface area contributed by atoms with Gasteiger partial charge in [0.05, 0.1) is 17.2 Å². The quantitative estimate of drug-likeness (QED) is 0.623. The molecule has 0 aliphatic carbocycles. The van der Waals surface area contributed by atoms with Gasteiger partial charge in [-0.25, -0.2) is 0 Å². The lowest BCUT2D eigenvalue weighted by atomic mass is 9.82. The summed E-state index contributed by atoms with van der Waals surface area (Å²) in [5.74, 6) is 0.191. The number of nitrogens with two attached hydrogens (primary N) is 1. The number of nitriles is 2. The lowest BCUT2D eigenvalue weighted by Crippen LogP contribution is -2.21. The molecule has 1 atom stereocenters. The number of hydrogen-bond donors (Lipinski definition) is 2. The second-order valence-electron chi connectivity index (χ2n) is 6.24. The van der Waals surface area contributed by atoms with Gasteiger partial charge in [-0.2, -0.15) is 10.5 Å². The summed E-state index contributed by atoms with van der Waals surface area (Å²) in [6.07, 6.45) is 0. The van der Waals surface area contributed by atoms with Crippen LogP contribution < -0.4 is 15.2 Å². The summed E-state index contributed by atoms with van der Waals surface area (Å²) in [6.45, 7) is -0.122. The molecular weight excluding hydrogens is 434 g/mol. The number of fused-ring (bicyclic) bond motifs is 1. The Labute approximate surface area is 175 Å². The highest BCUT2D eigenvalue weighted by molar-refractivity contribution is 9.10. The van der Waals surface area contributed by atoms with E-state index in [0.717, 1.165) is 15.7 Å². The first-order valence-corrected chi connectivity index (χ1v) is 9.43. The van der Waals surface area contributed by atoms with Gasteiger partial charge >= 0.3 is 0 Å². The molecule has 142 valence electrons. The topological polar surface area (TPSA) is 121 Å². The first kappa shape index (κ1) is 18.6. The minimum atomic E-state index is -0.580. The Hall–Kier alpha value is -3.75. The second-order valence-corrected chi connectivity index (χ2v) is 7.15. The molecule has 0 spiro atoms. The summed E-state index contributed by atoms with van der Waals surface area (Å²) in [5, 5.41) is 26.1. The van der Waals surface area contributed by atoms with Crippen molar-refractivity contribution in [2.24, 2.45) is 5.73 Å². The van der Waals surface area contributed by atoms with Crippen LogP contribution in [-0.4, -0.2) is 16.8 Å². The maximum absolute atomic E-state index is 9.85.